The Kier molecular flexibility index (Phi) is 4.22. The second kappa shape index (κ2) is 5.69. The van der Waals surface area contributed by atoms with Gasteiger partial charge in [-0.1, -0.05) is 6.92 Å². The molecule has 1 unspecified atom stereocenters. The van der Waals surface area contributed by atoms with Crippen LogP contribution < -0.4 is 5.32 Å². The van der Waals surface area contributed by atoms with Crippen molar-refractivity contribution in [3.05, 3.63) is 0 Å². The van der Waals surface area contributed by atoms with Crippen molar-refractivity contribution in [3.8, 4) is 0 Å². The van der Waals surface area contributed by atoms with Gasteiger partial charge in [0.25, 0.3) is 0 Å². The number of rotatable bonds is 3. The second-order valence-corrected chi connectivity index (χ2v) is 5.32. The fraction of sp³-hybridized carbons (Fsp3) is 0.846. The van der Waals surface area contributed by atoms with E-state index in [-0.39, 0.29) is 24.4 Å². The Hall–Kier alpha value is -1.10. The van der Waals surface area contributed by atoms with E-state index in [9.17, 15) is 9.59 Å². The SMILES string of the molecule is CCN1CCC(CN2C(=O)CNC(=O)C2C)CC1. The van der Waals surface area contributed by atoms with Crippen LogP contribution in [-0.2, 0) is 9.59 Å². The molecule has 0 aromatic carbocycles. The molecule has 5 heteroatoms. The molecule has 2 aliphatic rings. The molecule has 1 atom stereocenters. The molecule has 0 saturated carbocycles. The predicted octanol–water partition coefficient (Wildman–Crippen LogP) is 0.0652. The molecule has 0 aromatic heterocycles. The lowest BCUT2D eigenvalue weighted by Gasteiger charge is -2.38. The summed E-state index contributed by atoms with van der Waals surface area (Å²) in [5, 5.41) is 2.63. The molecule has 1 N–H and O–H groups in total. The molecule has 0 spiro atoms. The molecule has 2 aliphatic heterocycles. The average molecular weight is 253 g/mol. The first-order valence-corrected chi connectivity index (χ1v) is 6.91. The summed E-state index contributed by atoms with van der Waals surface area (Å²) in [5.74, 6) is 0.575. The van der Waals surface area contributed by atoms with Crippen LogP contribution in [0.25, 0.3) is 0 Å². The topological polar surface area (TPSA) is 52.6 Å². The predicted molar refractivity (Wildman–Crippen MR) is 69.0 cm³/mol. The van der Waals surface area contributed by atoms with Crippen LogP contribution in [0, 0.1) is 5.92 Å². The second-order valence-electron chi connectivity index (χ2n) is 5.32. The Bertz CT molecular complexity index is 324. The summed E-state index contributed by atoms with van der Waals surface area (Å²) in [6.45, 7) is 8.23. The zero-order chi connectivity index (χ0) is 13.1. The van der Waals surface area contributed by atoms with Crippen molar-refractivity contribution in [2.75, 3.05) is 32.7 Å². The molecule has 2 rings (SSSR count). The Morgan fingerprint density at radius 3 is 2.56 bits per heavy atom. The van der Waals surface area contributed by atoms with Crippen molar-refractivity contribution in [2.24, 2.45) is 5.92 Å². The van der Waals surface area contributed by atoms with Gasteiger partial charge in [-0.05, 0) is 45.3 Å². The van der Waals surface area contributed by atoms with Gasteiger partial charge in [0, 0.05) is 6.54 Å². The maximum atomic E-state index is 11.8. The van der Waals surface area contributed by atoms with E-state index in [1.807, 2.05) is 6.92 Å². The highest BCUT2D eigenvalue weighted by molar-refractivity contribution is 5.94. The third-order valence-electron chi connectivity index (χ3n) is 4.19. The number of hydrogen-bond donors (Lipinski definition) is 1. The first kappa shape index (κ1) is 13.3. The largest absolute Gasteiger partial charge is 0.345 e. The molecule has 102 valence electrons. The van der Waals surface area contributed by atoms with Crippen molar-refractivity contribution in [3.63, 3.8) is 0 Å². The van der Waals surface area contributed by atoms with Gasteiger partial charge in [0.2, 0.25) is 11.8 Å². The highest BCUT2D eigenvalue weighted by Crippen LogP contribution is 2.20. The van der Waals surface area contributed by atoms with E-state index in [0.717, 1.165) is 39.0 Å². The van der Waals surface area contributed by atoms with Gasteiger partial charge >= 0.3 is 0 Å². The van der Waals surface area contributed by atoms with Gasteiger partial charge in [-0.15, -0.1) is 0 Å². The lowest BCUT2D eigenvalue weighted by Crippen LogP contribution is -2.58. The van der Waals surface area contributed by atoms with E-state index in [2.05, 4.69) is 17.1 Å². The summed E-state index contributed by atoms with van der Waals surface area (Å²) in [7, 11) is 0. The molecule has 18 heavy (non-hydrogen) atoms. The van der Waals surface area contributed by atoms with E-state index in [1.165, 1.54) is 0 Å². The van der Waals surface area contributed by atoms with E-state index < -0.39 is 0 Å². The highest BCUT2D eigenvalue weighted by Gasteiger charge is 2.33. The maximum absolute atomic E-state index is 11.8. The molecule has 0 radical (unpaired) electrons. The monoisotopic (exact) mass is 253 g/mol. The number of carbonyl (C=O) groups excluding carboxylic acids is 2. The first-order chi connectivity index (χ1) is 8.61. The maximum Gasteiger partial charge on any atom is 0.242 e. The van der Waals surface area contributed by atoms with E-state index in [4.69, 9.17) is 0 Å². The number of piperazine rings is 1. The van der Waals surface area contributed by atoms with Crippen LogP contribution in [0.1, 0.15) is 26.7 Å². The summed E-state index contributed by atoms with van der Waals surface area (Å²) >= 11 is 0. The number of hydrogen-bond acceptors (Lipinski definition) is 3. The molecule has 0 aliphatic carbocycles. The molecule has 2 amide bonds. The van der Waals surface area contributed by atoms with Crippen molar-refractivity contribution in [1.82, 2.24) is 15.1 Å². The summed E-state index contributed by atoms with van der Waals surface area (Å²) in [4.78, 5) is 27.6. The average Bonchev–Trinajstić information content (AvgIpc) is 2.40. The Balaban J connectivity index is 1.88. The van der Waals surface area contributed by atoms with E-state index >= 15 is 0 Å². The van der Waals surface area contributed by atoms with Crippen molar-refractivity contribution in [1.29, 1.82) is 0 Å². The molecule has 2 fully saturated rings. The third kappa shape index (κ3) is 2.83. The molecular formula is C13H23N3O2. The summed E-state index contributed by atoms with van der Waals surface area (Å²) < 4.78 is 0. The van der Waals surface area contributed by atoms with Crippen LogP contribution in [0.4, 0.5) is 0 Å². The summed E-state index contributed by atoms with van der Waals surface area (Å²) in [6, 6.07) is -0.310. The number of carbonyl (C=O) groups is 2. The van der Waals surface area contributed by atoms with Crippen LogP contribution in [0.15, 0.2) is 0 Å². The van der Waals surface area contributed by atoms with Crippen molar-refractivity contribution < 1.29 is 9.59 Å². The van der Waals surface area contributed by atoms with Gasteiger partial charge in [-0.3, -0.25) is 9.59 Å². The minimum Gasteiger partial charge on any atom is -0.345 e. The normalized spacial score (nSPS) is 27.4. The number of nitrogens with zero attached hydrogens (tertiary/aromatic N) is 2. The zero-order valence-electron chi connectivity index (χ0n) is 11.3. The zero-order valence-corrected chi connectivity index (χ0v) is 11.3. The molecule has 0 aromatic rings. The van der Waals surface area contributed by atoms with Crippen LogP contribution in [0.3, 0.4) is 0 Å². The fourth-order valence-electron chi connectivity index (χ4n) is 2.79. The number of likely N-dealkylation sites (tertiary alicyclic amines) is 1. The molecule has 0 bridgehead atoms. The van der Waals surface area contributed by atoms with Crippen LogP contribution in [0.2, 0.25) is 0 Å². The summed E-state index contributed by atoms with van der Waals surface area (Å²) in [5.41, 5.74) is 0. The minimum atomic E-state index is -0.310. The third-order valence-corrected chi connectivity index (χ3v) is 4.19. The number of amides is 2. The Labute approximate surface area is 108 Å². The Morgan fingerprint density at radius 2 is 1.94 bits per heavy atom. The Morgan fingerprint density at radius 1 is 1.28 bits per heavy atom. The smallest absolute Gasteiger partial charge is 0.242 e. The van der Waals surface area contributed by atoms with E-state index in [0.29, 0.717) is 5.92 Å². The fourth-order valence-corrected chi connectivity index (χ4v) is 2.79. The molecule has 2 heterocycles. The van der Waals surface area contributed by atoms with Crippen molar-refractivity contribution in [2.45, 2.75) is 32.7 Å². The molecule has 2 saturated heterocycles. The van der Waals surface area contributed by atoms with Gasteiger partial charge in [-0.25, -0.2) is 0 Å². The number of piperidine rings is 1. The van der Waals surface area contributed by atoms with Crippen LogP contribution >= 0.6 is 0 Å². The molecule has 5 nitrogen and oxygen atoms in total. The first-order valence-electron chi connectivity index (χ1n) is 6.91. The van der Waals surface area contributed by atoms with Crippen molar-refractivity contribution >= 4 is 11.8 Å². The van der Waals surface area contributed by atoms with Gasteiger partial charge in [-0.2, -0.15) is 0 Å². The van der Waals surface area contributed by atoms with Gasteiger partial charge in [0.15, 0.2) is 0 Å². The van der Waals surface area contributed by atoms with Gasteiger partial charge < -0.3 is 15.1 Å². The minimum absolute atomic E-state index is 0.0272. The van der Waals surface area contributed by atoms with Gasteiger partial charge in [0.1, 0.15) is 6.04 Å². The highest BCUT2D eigenvalue weighted by atomic mass is 16.2. The lowest BCUT2D eigenvalue weighted by molar-refractivity contribution is -0.145. The van der Waals surface area contributed by atoms with Crippen LogP contribution in [0.5, 0.6) is 0 Å². The molecular weight excluding hydrogens is 230 g/mol. The van der Waals surface area contributed by atoms with E-state index in [1.54, 1.807) is 4.90 Å². The van der Waals surface area contributed by atoms with Crippen LogP contribution in [-0.4, -0.2) is 60.4 Å². The summed E-state index contributed by atoms with van der Waals surface area (Å²) in [6.07, 6.45) is 2.26. The number of nitrogens with one attached hydrogen (secondary N) is 1. The van der Waals surface area contributed by atoms with Gasteiger partial charge in [0.05, 0.1) is 6.54 Å². The standard InChI is InChI=1S/C13H23N3O2/c1-3-15-6-4-11(5-7-15)9-16-10(2)13(18)14-8-12(16)17/h10-11H,3-9H2,1-2H3,(H,14,18). The lowest BCUT2D eigenvalue weighted by atomic mass is 9.95. The quantitative estimate of drug-likeness (QED) is 0.774.